The number of hydrogen-bond donors (Lipinski definition) is 1. The molecule has 80 valence electrons. The summed E-state index contributed by atoms with van der Waals surface area (Å²) in [4.78, 5) is 22.6. The molecule has 0 spiro atoms. The summed E-state index contributed by atoms with van der Waals surface area (Å²) in [6.07, 6.45) is 3.44. The highest BCUT2D eigenvalue weighted by Crippen LogP contribution is 2.08. The molecule has 0 aromatic carbocycles. The van der Waals surface area contributed by atoms with Gasteiger partial charge in [0, 0.05) is 26.0 Å². The molecule has 1 heterocycles. The van der Waals surface area contributed by atoms with Crippen molar-refractivity contribution in [3.05, 3.63) is 29.6 Å². The summed E-state index contributed by atoms with van der Waals surface area (Å²) in [5.41, 5.74) is 0.989. The average molecular weight is 206 g/mol. The van der Waals surface area contributed by atoms with Crippen molar-refractivity contribution in [2.75, 3.05) is 7.05 Å². The predicted molar refractivity (Wildman–Crippen MR) is 58.1 cm³/mol. The summed E-state index contributed by atoms with van der Waals surface area (Å²) in [6.45, 7) is 1.38. The fourth-order valence-electron chi connectivity index (χ4n) is 1.23. The number of aromatic nitrogens is 1. The van der Waals surface area contributed by atoms with E-state index in [4.69, 9.17) is 0 Å². The molecule has 0 saturated heterocycles. The van der Waals surface area contributed by atoms with Gasteiger partial charge in [-0.2, -0.15) is 0 Å². The van der Waals surface area contributed by atoms with Gasteiger partial charge in [-0.25, -0.2) is 0 Å². The Morgan fingerprint density at radius 3 is 2.53 bits per heavy atom. The molecular weight excluding hydrogens is 192 g/mol. The van der Waals surface area contributed by atoms with Crippen molar-refractivity contribution >= 4 is 17.8 Å². The van der Waals surface area contributed by atoms with E-state index in [1.807, 2.05) is 29.9 Å². The lowest BCUT2D eigenvalue weighted by molar-refractivity contribution is -0.121. The van der Waals surface area contributed by atoms with Gasteiger partial charge in [-0.3, -0.25) is 9.59 Å². The maximum atomic E-state index is 11.4. The maximum absolute atomic E-state index is 11.4. The number of carbonyl (C=O) groups excluding carboxylic acids is 2. The van der Waals surface area contributed by atoms with Crippen LogP contribution >= 0.6 is 0 Å². The van der Waals surface area contributed by atoms with E-state index in [1.165, 1.54) is 14.0 Å². The zero-order valence-electron chi connectivity index (χ0n) is 9.07. The topological polar surface area (TPSA) is 51.1 Å². The van der Waals surface area contributed by atoms with Crippen molar-refractivity contribution in [1.29, 1.82) is 0 Å². The summed E-state index contributed by atoms with van der Waals surface area (Å²) >= 11 is 0. The number of hydrogen-bond acceptors (Lipinski definition) is 2. The molecule has 1 N–H and O–H groups in total. The number of aryl methyl sites for hydroxylation is 1. The Kier molecular flexibility index (Phi) is 3.44. The van der Waals surface area contributed by atoms with E-state index in [0.717, 1.165) is 5.69 Å². The first-order valence-electron chi connectivity index (χ1n) is 4.62. The van der Waals surface area contributed by atoms with Gasteiger partial charge in [0.1, 0.15) is 0 Å². The average Bonchev–Trinajstić information content (AvgIpc) is 2.59. The second kappa shape index (κ2) is 4.59. The minimum absolute atomic E-state index is 0.166. The van der Waals surface area contributed by atoms with E-state index in [0.29, 0.717) is 0 Å². The molecule has 0 bridgehead atoms. The van der Waals surface area contributed by atoms with Crippen LogP contribution in [0.25, 0.3) is 6.08 Å². The Bertz CT molecular complexity index is 416. The third-order valence-corrected chi connectivity index (χ3v) is 2.13. The third kappa shape index (κ3) is 2.56. The molecule has 0 unspecified atom stereocenters. The number of likely N-dealkylation sites (N-methyl/N-ethyl adjacent to an activating group) is 1. The molecular formula is C11H14N2O2. The number of amides is 1. The summed E-state index contributed by atoms with van der Waals surface area (Å²) < 4.78 is 1.84. The van der Waals surface area contributed by atoms with Crippen LogP contribution < -0.4 is 5.32 Å². The lowest BCUT2D eigenvalue weighted by Crippen LogP contribution is -2.23. The Morgan fingerprint density at radius 2 is 2.13 bits per heavy atom. The van der Waals surface area contributed by atoms with Crippen molar-refractivity contribution in [3.8, 4) is 0 Å². The number of rotatable bonds is 3. The van der Waals surface area contributed by atoms with Gasteiger partial charge in [0.15, 0.2) is 5.78 Å². The number of nitrogens with one attached hydrogen (secondary N) is 1. The van der Waals surface area contributed by atoms with Crippen LogP contribution in [-0.2, 0) is 16.6 Å². The van der Waals surface area contributed by atoms with Gasteiger partial charge in [-0.15, -0.1) is 0 Å². The van der Waals surface area contributed by atoms with Crippen molar-refractivity contribution in [3.63, 3.8) is 0 Å². The van der Waals surface area contributed by atoms with Gasteiger partial charge in [0.05, 0.1) is 5.57 Å². The SMILES string of the molecule is CNC(=O)/C(=C\c1cccn1C)C(C)=O. The summed E-state index contributed by atoms with van der Waals surface area (Å²) in [5.74, 6) is -0.598. The number of Topliss-reactive ketones (excluding diaryl/α,β-unsaturated/α-hetero) is 1. The maximum Gasteiger partial charge on any atom is 0.254 e. The number of ketones is 1. The molecule has 0 atom stereocenters. The van der Waals surface area contributed by atoms with Crippen LogP contribution in [0.1, 0.15) is 12.6 Å². The molecule has 0 radical (unpaired) electrons. The van der Waals surface area contributed by atoms with Gasteiger partial charge in [-0.05, 0) is 25.1 Å². The first-order valence-corrected chi connectivity index (χ1v) is 4.62. The molecule has 0 aliphatic heterocycles. The normalized spacial score (nSPS) is 11.3. The molecule has 0 aliphatic carbocycles. The van der Waals surface area contributed by atoms with Crippen molar-refractivity contribution in [1.82, 2.24) is 9.88 Å². The molecule has 4 heteroatoms. The lowest BCUT2D eigenvalue weighted by atomic mass is 10.1. The molecule has 1 amide bonds. The number of nitrogens with zero attached hydrogens (tertiary/aromatic N) is 1. The van der Waals surface area contributed by atoms with E-state index in [2.05, 4.69) is 5.32 Å². The predicted octanol–water partition coefficient (Wildman–Crippen LogP) is 0.744. The Hall–Kier alpha value is -1.84. The van der Waals surface area contributed by atoms with Crippen LogP contribution in [-0.4, -0.2) is 23.3 Å². The summed E-state index contributed by atoms with van der Waals surface area (Å²) in [6, 6.07) is 3.69. The largest absolute Gasteiger partial charge is 0.355 e. The third-order valence-electron chi connectivity index (χ3n) is 2.13. The van der Waals surface area contributed by atoms with Gasteiger partial charge in [0.2, 0.25) is 0 Å². The highest BCUT2D eigenvalue weighted by molar-refractivity contribution is 6.21. The molecule has 1 rings (SSSR count). The van der Waals surface area contributed by atoms with Crippen LogP contribution in [0.2, 0.25) is 0 Å². The highest BCUT2D eigenvalue weighted by Gasteiger charge is 2.12. The second-order valence-electron chi connectivity index (χ2n) is 3.24. The first-order chi connectivity index (χ1) is 7.06. The lowest BCUT2D eigenvalue weighted by Gasteiger charge is -2.02. The zero-order chi connectivity index (χ0) is 11.4. The smallest absolute Gasteiger partial charge is 0.254 e. The van der Waals surface area contributed by atoms with Gasteiger partial charge < -0.3 is 9.88 Å². The fraction of sp³-hybridized carbons (Fsp3) is 0.273. The van der Waals surface area contributed by atoms with Gasteiger partial charge in [0.25, 0.3) is 5.91 Å². The minimum Gasteiger partial charge on any atom is -0.355 e. The standard InChI is InChI=1S/C11H14N2O2/c1-8(14)10(11(15)12-2)7-9-5-4-6-13(9)3/h4-7H,1-3H3,(H,12,15)/b10-7-. The van der Waals surface area contributed by atoms with Crippen LogP contribution in [0.15, 0.2) is 23.9 Å². The monoisotopic (exact) mass is 206 g/mol. The molecule has 0 saturated carbocycles. The van der Waals surface area contributed by atoms with E-state index < -0.39 is 0 Å². The van der Waals surface area contributed by atoms with Gasteiger partial charge >= 0.3 is 0 Å². The summed E-state index contributed by atoms with van der Waals surface area (Å²) in [5, 5.41) is 2.44. The van der Waals surface area contributed by atoms with E-state index in [1.54, 1.807) is 6.08 Å². The van der Waals surface area contributed by atoms with Crippen molar-refractivity contribution in [2.24, 2.45) is 7.05 Å². The Morgan fingerprint density at radius 1 is 1.47 bits per heavy atom. The second-order valence-corrected chi connectivity index (χ2v) is 3.24. The van der Waals surface area contributed by atoms with E-state index in [-0.39, 0.29) is 17.3 Å². The molecule has 0 aliphatic rings. The van der Waals surface area contributed by atoms with Crippen LogP contribution in [0.5, 0.6) is 0 Å². The zero-order valence-corrected chi connectivity index (χ0v) is 9.07. The van der Waals surface area contributed by atoms with E-state index >= 15 is 0 Å². The summed E-state index contributed by atoms with van der Waals surface area (Å²) in [7, 11) is 3.36. The van der Waals surface area contributed by atoms with Crippen molar-refractivity contribution in [2.45, 2.75) is 6.92 Å². The fourth-order valence-corrected chi connectivity index (χ4v) is 1.23. The first kappa shape index (κ1) is 11.2. The highest BCUT2D eigenvalue weighted by atomic mass is 16.2. The molecule has 0 fully saturated rings. The molecule has 4 nitrogen and oxygen atoms in total. The Labute approximate surface area is 88.6 Å². The van der Waals surface area contributed by atoms with Crippen LogP contribution in [0.3, 0.4) is 0 Å². The van der Waals surface area contributed by atoms with Crippen LogP contribution in [0.4, 0.5) is 0 Å². The molecule has 1 aromatic heterocycles. The Balaban J connectivity index is 3.10. The molecule has 15 heavy (non-hydrogen) atoms. The quantitative estimate of drug-likeness (QED) is 0.450. The molecule has 1 aromatic rings. The van der Waals surface area contributed by atoms with Gasteiger partial charge in [-0.1, -0.05) is 0 Å². The van der Waals surface area contributed by atoms with Crippen LogP contribution in [0, 0.1) is 0 Å². The minimum atomic E-state index is -0.358. The number of carbonyl (C=O) groups is 2. The van der Waals surface area contributed by atoms with Crippen molar-refractivity contribution < 1.29 is 9.59 Å². The van der Waals surface area contributed by atoms with E-state index in [9.17, 15) is 9.59 Å².